The first-order chi connectivity index (χ1) is 9.38. The molecule has 0 fully saturated rings. The lowest BCUT2D eigenvalue weighted by Crippen LogP contribution is -2.16. The van der Waals surface area contributed by atoms with E-state index in [1.54, 1.807) is 0 Å². The van der Waals surface area contributed by atoms with E-state index < -0.39 is 0 Å². The van der Waals surface area contributed by atoms with Crippen LogP contribution in [0.15, 0.2) is 34.8 Å². The molecule has 0 saturated heterocycles. The number of nitrogens with one attached hydrogen (secondary N) is 1. The fourth-order valence-corrected chi connectivity index (χ4v) is 2.97. The Morgan fingerprint density at radius 3 is 2.10 bits per heavy atom. The molecule has 0 bridgehead atoms. The van der Waals surface area contributed by atoms with E-state index in [0.717, 1.165) is 32.4 Å². The minimum atomic E-state index is -0.0505. The van der Waals surface area contributed by atoms with Crippen molar-refractivity contribution in [3.8, 4) is 0 Å². The van der Waals surface area contributed by atoms with E-state index in [-0.39, 0.29) is 5.91 Å². The topological polar surface area (TPSA) is 29.1 Å². The average molecular weight is 332 g/mol. The quantitative estimate of drug-likeness (QED) is 0.830. The van der Waals surface area contributed by atoms with E-state index in [1.165, 1.54) is 5.56 Å². The molecule has 1 N–H and O–H groups in total. The van der Waals surface area contributed by atoms with Gasteiger partial charge in [-0.15, -0.1) is 0 Å². The van der Waals surface area contributed by atoms with Gasteiger partial charge in [-0.1, -0.05) is 33.6 Å². The molecule has 0 heterocycles. The SMILES string of the molecule is Cc1cc(C)c(C(=O)Nc2ccc(Br)cc2C)c(C)c1. The summed E-state index contributed by atoms with van der Waals surface area (Å²) in [6, 6.07) is 9.91. The first kappa shape index (κ1) is 14.8. The van der Waals surface area contributed by atoms with Crippen LogP contribution in [0.5, 0.6) is 0 Å². The van der Waals surface area contributed by atoms with E-state index in [1.807, 2.05) is 58.0 Å². The van der Waals surface area contributed by atoms with E-state index in [2.05, 4.69) is 21.2 Å². The summed E-state index contributed by atoms with van der Waals surface area (Å²) in [7, 11) is 0. The van der Waals surface area contributed by atoms with Crippen molar-refractivity contribution < 1.29 is 4.79 Å². The molecule has 0 spiro atoms. The predicted molar refractivity (Wildman–Crippen MR) is 87.5 cm³/mol. The van der Waals surface area contributed by atoms with Gasteiger partial charge in [0.2, 0.25) is 0 Å². The highest BCUT2D eigenvalue weighted by Crippen LogP contribution is 2.22. The lowest BCUT2D eigenvalue weighted by Gasteiger charge is -2.13. The molecular weight excluding hydrogens is 314 g/mol. The Hall–Kier alpha value is -1.61. The molecule has 20 heavy (non-hydrogen) atoms. The highest BCUT2D eigenvalue weighted by atomic mass is 79.9. The van der Waals surface area contributed by atoms with Gasteiger partial charge in [0.25, 0.3) is 5.91 Å². The summed E-state index contributed by atoms with van der Waals surface area (Å²) in [5.41, 5.74) is 5.84. The van der Waals surface area contributed by atoms with E-state index in [9.17, 15) is 4.79 Å². The van der Waals surface area contributed by atoms with Gasteiger partial charge in [-0.3, -0.25) is 4.79 Å². The van der Waals surface area contributed by atoms with Gasteiger partial charge in [-0.2, -0.15) is 0 Å². The number of hydrogen-bond donors (Lipinski definition) is 1. The van der Waals surface area contributed by atoms with Crippen LogP contribution in [-0.4, -0.2) is 5.91 Å². The third kappa shape index (κ3) is 3.10. The zero-order chi connectivity index (χ0) is 14.9. The fraction of sp³-hybridized carbons (Fsp3) is 0.235. The van der Waals surface area contributed by atoms with Crippen LogP contribution in [0.1, 0.15) is 32.6 Å². The predicted octanol–water partition coefficient (Wildman–Crippen LogP) is 4.94. The molecule has 2 aromatic rings. The second-order valence-electron chi connectivity index (χ2n) is 5.19. The lowest BCUT2D eigenvalue weighted by atomic mass is 9.99. The number of aryl methyl sites for hydroxylation is 4. The van der Waals surface area contributed by atoms with Crippen LogP contribution in [-0.2, 0) is 0 Å². The van der Waals surface area contributed by atoms with Crippen molar-refractivity contribution in [2.45, 2.75) is 27.7 Å². The Kier molecular flexibility index (Phi) is 4.29. The Balaban J connectivity index is 2.33. The monoisotopic (exact) mass is 331 g/mol. The highest BCUT2D eigenvalue weighted by molar-refractivity contribution is 9.10. The van der Waals surface area contributed by atoms with Crippen LogP contribution in [0, 0.1) is 27.7 Å². The summed E-state index contributed by atoms with van der Waals surface area (Å²) in [5, 5.41) is 3.00. The maximum atomic E-state index is 12.5. The first-order valence-corrected chi connectivity index (χ1v) is 7.33. The summed E-state index contributed by atoms with van der Waals surface area (Å²) in [5.74, 6) is -0.0505. The summed E-state index contributed by atoms with van der Waals surface area (Å²) in [6.07, 6.45) is 0. The van der Waals surface area contributed by atoms with Crippen molar-refractivity contribution in [2.75, 3.05) is 5.32 Å². The van der Waals surface area contributed by atoms with Gasteiger partial charge < -0.3 is 5.32 Å². The van der Waals surface area contributed by atoms with Crippen LogP contribution in [0.4, 0.5) is 5.69 Å². The molecule has 0 unspecified atom stereocenters. The van der Waals surface area contributed by atoms with Crippen LogP contribution in [0.2, 0.25) is 0 Å². The minimum absolute atomic E-state index is 0.0505. The number of halogens is 1. The van der Waals surface area contributed by atoms with E-state index in [4.69, 9.17) is 0 Å². The molecular formula is C17H18BrNO. The summed E-state index contributed by atoms with van der Waals surface area (Å²) >= 11 is 3.43. The van der Waals surface area contributed by atoms with E-state index >= 15 is 0 Å². The second kappa shape index (κ2) is 5.80. The number of carbonyl (C=O) groups is 1. The van der Waals surface area contributed by atoms with Crippen molar-refractivity contribution in [1.29, 1.82) is 0 Å². The fourth-order valence-electron chi connectivity index (χ4n) is 2.49. The van der Waals surface area contributed by atoms with Crippen molar-refractivity contribution in [3.63, 3.8) is 0 Å². The number of hydrogen-bond acceptors (Lipinski definition) is 1. The number of rotatable bonds is 2. The largest absolute Gasteiger partial charge is 0.322 e. The summed E-state index contributed by atoms with van der Waals surface area (Å²) in [6.45, 7) is 7.97. The van der Waals surface area contributed by atoms with Crippen LogP contribution in [0.25, 0.3) is 0 Å². The number of benzene rings is 2. The Morgan fingerprint density at radius 2 is 1.55 bits per heavy atom. The normalized spacial score (nSPS) is 10.4. The molecule has 2 rings (SSSR count). The maximum absolute atomic E-state index is 12.5. The van der Waals surface area contributed by atoms with Gasteiger partial charge in [0.05, 0.1) is 0 Å². The summed E-state index contributed by atoms with van der Waals surface area (Å²) < 4.78 is 1.01. The molecule has 0 atom stereocenters. The Morgan fingerprint density at radius 1 is 0.950 bits per heavy atom. The van der Waals surface area contributed by atoms with Crippen molar-refractivity contribution in [3.05, 3.63) is 62.6 Å². The smallest absolute Gasteiger partial charge is 0.256 e. The Bertz CT molecular complexity index is 654. The molecule has 0 radical (unpaired) electrons. The zero-order valence-corrected chi connectivity index (χ0v) is 13.8. The molecule has 3 heteroatoms. The number of amides is 1. The van der Waals surface area contributed by atoms with Crippen LogP contribution < -0.4 is 5.32 Å². The molecule has 0 aliphatic rings. The second-order valence-corrected chi connectivity index (χ2v) is 6.10. The first-order valence-electron chi connectivity index (χ1n) is 6.54. The Labute approximate surface area is 128 Å². The molecule has 0 aliphatic heterocycles. The minimum Gasteiger partial charge on any atom is -0.322 e. The maximum Gasteiger partial charge on any atom is 0.256 e. The molecule has 104 valence electrons. The molecule has 0 aromatic heterocycles. The molecule has 2 aromatic carbocycles. The van der Waals surface area contributed by atoms with Crippen LogP contribution in [0.3, 0.4) is 0 Å². The standard InChI is InChI=1S/C17H18BrNO/c1-10-7-12(3)16(13(4)8-10)17(20)19-15-6-5-14(18)9-11(15)2/h5-9H,1-4H3,(H,19,20). The van der Waals surface area contributed by atoms with Gasteiger partial charge in [-0.25, -0.2) is 0 Å². The van der Waals surface area contributed by atoms with E-state index in [0.29, 0.717) is 0 Å². The van der Waals surface area contributed by atoms with Gasteiger partial charge in [0, 0.05) is 15.7 Å². The third-order valence-electron chi connectivity index (χ3n) is 3.34. The number of anilines is 1. The van der Waals surface area contributed by atoms with Crippen molar-refractivity contribution in [2.24, 2.45) is 0 Å². The lowest BCUT2D eigenvalue weighted by molar-refractivity contribution is 0.102. The van der Waals surface area contributed by atoms with Gasteiger partial charge >= 0.3 is 0 Å². The van der Waals surface area contributed by atoms with Gasteiger partial charge in [0.1, 0.15) is 0 Å². The molecule has 0 aliphatic carbocycles. The molecule has 0 saturated carbocycles. The summed E-state index contributed by atoms with van der Waals surface area (Å²) in [4.78, 5) is 12.5. The molecule has 2 nitrogen and oxygen atoms in total. The van der Waals surface area contributed by atoms with Crippen molar-refractivity contribution in [1.82, 2.24) is 0 Å². The zero-order valence-electron chi connectivity index (χ0n) is 12.2. The molecule has 1 amide bonds. The van der Waals surface area contributed by atoms with Gasteiger partial charge in [-0.05, 0) is 62.6 Å². The average Bonchev–Trinajstić information content (AvgIpc) is 2.31. The van der Waals surface area contributed by atoms with Gasteiger partial charge in [0.15, 0.2) is 0 Å². The van der Waals surface area contributed by atoms with Crippen LogP contribution >= 0.6 is 15.9 Å². The number of carbonyl (C=O) groups excluding carboxylic acids is 1. The third-order valence-corrected chi connectivity index (χ3v) is 3.83. The highest BCUT2D eigenvalue weighted by Gasteiger charge is 2.13. The van der Waals surface area contributed by atoms with Crippen molar-refractivity contribution >= 4 is 27.5 Å².